The second-order valence-corrected chi connectivity index (χ2v) is 8.76. The first-order valence-electron chi connectivity index (χ1n) is 11.2. The van der Waals surface area contributed by atoms with Gasteiger partial charge in [0.1, 0.15) is 10.1 Å². The van der Waals surface area contributed by atoms with E-state index in [1.165, 1.54) is 12.2 Å². The molecule has 2 aromatic rings. The predicted octanol–water partition coefficient (Wildman–Crippen LogP) is 0.892. The molecular formula is C28H22Cl6N6O2Zn. The van der Waals surface area contributed by atoms with E-state index >= 15 is 0 Å². The van der Waals surface area contributed by atoms with Gasteiger partial charge in [-0.25, -0.2) is 9.98 Å². The van der Waals surface area contributed by atoms with Crippen molar-refractivity contribution in [3.05, 3.63) is 128 Å². The van der Waals surface area contributed by atoms with Gasteiger partial charge in [0.15, 0.2) is 0 Å². The first-order valence-corrected chi connectivity index (χ1v) is 11.9. The van der Waals surface area contributed by atoms with Gasteiger partial charge in [0.25, 0.3) is 11.8 Å². The van der Waals surface area contributed by atoms with Crippen molar-refractivity contribution >= 4 is 82.7 Å². The van der Waals surface area contributed by atoms with E-state index in [4.69, 9.17) is 34.3 Å². The topological polar surface area (TPSA) is 132 Å². The Morgan fingerprint density at radius 3 is 1.21 bits per heavy atom. The number of nitrogens with zero attached hydrogens (tertiary/aromatic N) is 6. The summed E-state index contributed by atoms with van der Waals surface area (Å²) in [4.78, 5) is 38.0. The van der Waals surface area contributed by atoms with Gasteiger partial charge in [-0.15, -0.1) is 24.8 Å². The molecule has 0 fully saturated rings. The quantitative estimate of drug-likeness (QED) is 0.196. The third-order valence-corrected chi connectivity index (χ3v) is 5.84. The van der Waals surface area contributed by atoms with Gasteiger partial charge in [-0.05, 0) is 61.4 Å². The van der Waals surface area contributed by atoms with Gasteiger partial charge < -0.3 is 35.9 Å². The van der Waals surface area contributed by atoms with Crippen LogP contribution >= 0.6 is 48.0 Å². The van der Waals surface area contributed by atoms with Gasteiger partial charge in [-0.2, -0.15) is 9.58 Å². The molecule has 2 amide bonds. The van der Waals surface area contributed by atoms with Crippen LogP contribution in [0.15, 0.2) is 116 Å². The van der Waals surface area contributed by atoms with E-state index in [0.717, 1.165) is 0 Å². The third-order valence-electron chi connectivity index (χ3n) is 5.23. The molecule has 43 heavy (non-hydrogen) atoms. The summed E-state index contributed by atoms with van der Waals surface area (Å²) in [6, 6.07) is 17.5. The summed E-state index contributed by atoms with van der Waals surface area (Å²) in [6.07, 6.45) is 6.15. The van der Waals surface area contributed by atoms with Crippen molar-refractivity contribution in [2.45, 2.75) is 13.8 Å². The molecule has 0 N–H and O–H groups in total. The van der Waals surface area contributed by atoms with Gasteiger partial charge in [0, 0.05) is 23.3 Å². The molecule has 0 aromatic heterocycles. The van der Waals surface area contributed by atoms with Crippen molar-refractivity contribution in [1.82, 2.24) is 0 Å². The van der Waals surface area contributed by atoms with Crippen molar-refractivity contribution in [2.24, 2.45) is 9.98 Å². The summed E-state index contributed by atoms with van der Waals surface area (Å²) in [7, 11) is 0. The number of hydrogen-bond acceptors (Lipinski definition) is 2. The van der Waals surface area contributed by atoms with E-state index in [9.17, 15) is 9.59 Å². The molecule has 2 aliphatic rings. The maximum absolute atomic E-state index is 11.9. The minimum absolute atomic E-state index is 0. The number of halogens is 6. The second kappa shape index (κ2) is 21.8. The molecule has 0 unspecified atom stereocenters. The fraction of sp³-hybridized carbons (Fsp3) is 0.0714. The normalized spacial score (nSPS) is 14.8. The molecule has 0 spiro atoms. The smallest absolute Gasteiger partial charge is 1.00 e. The van der Waals surface area contributed by atoms with E-state index in [1.807, 2.05) is 12.1 Å². The van der Waals surface area contributed by atoms with Gasteiger partial charge in [0.2, 0.25) is 0 Å². The van der Waals surface area contributed by atoms with Crippen molar-refractivity contribution in [1.29, 1.82) is 0 Å². The first kappa shape index (κ1) is 44.6. The fourth-order valence-electron chi connectivity index (χ4n) is 3.22. The zero-order chi connectivity index (χ0) is 27.7. The van der Waals surface area contributed by atoms with Crippen LogP contribution in [0.3, 0.4) is 0 Å². The zero-order valence-corrected chi connectivity index (χ0v) is 30.2. The molecule has 0 saturated heterocycles. The Labute approximate surface area is 296 Å². The van der Waals surface area contributed by atoms with Crippen LogP contribution in [0, 0.1) is 0 Å². The summed E-state index contributed by atoms with van der Waals surface area (Å²) in [5.74, 6) is -0.679. The van der Waals surface area contributed by atoms with E-state index in [-0.39, 0.29) is 102 Å². The standard InChI is InChI=1S/2C14H10ClN3O.4ClH.Zn/c2*1-9-7-13(18-16)11(15)8-12(9)17-14(19)10-5-3-2-4-6-10;;;;;/h2*2-8H,1H3;4*1H;/q;;;;;;+2/p-2. The van der Waals surface area contributed by atoms with Crippen LogP contribution < -0.4 is 24.8 Å². The van der Waals surface area contributed by atoms with Gasteiger partial charge in [-0.1, -0.05) is 59.6 Å². The minimum atomic E-state index is -0.339. The molecule has 2 aromatic carbocycles. The van der Waals surface area contributed by atoms with Crippen LogP contribution in [0.2, 0.25) is 0 Å². The van der Waals surface area contributed by atoms with Gasteiger partial charge in [-0.3, -0.25) is 9.59 Å². The van der Waals surface area contributed by atoms with E-state index in [2.05, 4.69) is 19.6 Å². The van der Waals surface area contributed by atoms with Crippen LogP contribution in [-0.2, 0) is 19.5 Å². The van der Waals surface area contributed by atoms with Crippen LogP contribution in [0.4, 0.5) is 0 Å². The molecule has 0 saturated carbocycles. The molecule has 0 radical (unpaired) electrons. The van der Waals surface area contributed by atoms with Crippen molar-refractivity contribution in [2.75, 3.05) is 0 Å². The summed E-state index contributed by atoms with van der Waals surface area (Å²) < 4.78 is 0. The number of benzene rings is 2. The maximum Gasteiger partial charge on any atom is 2.00 e. The summed E-state index contributed by atoms with van der Waals surface area (Å²) in [5.41, 5.74) is 21.3. The van der Waals surface area contributed by atoms with Crippen LogP contribution in [0.5, 0.6) is 0 Å². The Bertz CT molecular complexity index is 1470. The molecule has 0 heterocycles. The summed E-state index contributed by atoms with van der Waals surface area (Å²) in [5, 5.41) is 0.487. The number of allylic oxidation sites excluding steroid dienone is 8. The third kappa shape index (κ3) is 12.8. The van der Waals surface area contributed by atoms with Crippen molar-refractivity contribution < 1.29 is 63.5 Å². The van der Waals surface area contributed by atoms with Crippen LogP contribution in [0.1, 0.15) is 34.6 Å². The zero-order valence-electron chi connectivity index (χ0n) is 22.6. The molecule has 0 aliphatic heterocycles. The largest absolute Gasteiger partial charge is 2.00 e. The number of rotatable bonds is 2. The Morgan fingerprint density at radius 1 is 0.628 bits per heavy atom. The van der Waals surface area contributed by atoms with E-state index in [1.54, 1.807) is 74.5 Å². The Morgan fingerprint density at radius 2 is 0.930 bits per heavy atom. The Balaban J connectivity index is -0.000000667. The van der Waals surface area contributed by atoms with Crippen molar-refractivity contribution in [3.8, 4) is 0 Å². The predicted molar refractivity (Wildman–Crippen MR) is 164 cm³/mol. The van der Waals surface area contributed by atoms with Crippen LogP contribution in [0.25, 0.3) is 11.1 Å². The molecular weight excluding hydrogens is 730 g/mol. The summed E-state index contributed by atoms with van der Waals surface area (Å²) in [6.45, 7) is 3.53. The molecule has 0 atom stereocenters. The van der Waals surface area contributed by atoms with Gasteiger partial charge in [0.05, 0.1) is 11.4 Å². The van der Waals surface area contributed by atoms with E-state index < -0.39 is 0 Å². The number of aliphatic imine (C=N–C) groups is 2. The number of carbonyl (C=O) groups is 2. The maximum atomic E-state index is 11.9. The van der Waals surface area contributed by atoms with Crippen LogP contribution in [-0.4, -0.2) is 44.2 Å². The number of amides is 2. The Hall–Kier alpha value is -2.80. The molecule has 220 valence electrons. The number of hydrogen-bond donors (Lipinski definition) is 0. The Kier molecular flexibility index (Phi) is 22.7. The number of carbonyl (C=O) groups excluding carboxylic acids is 2. The average molecular weight is 753 g/mol. The second-order valence-electron chi connectivity index (χ2n) is 7.95. The van der Waals surface area contributed by atoms with Gasteiger partial charge >= 0.3 is 30.9 Å². The van der Waals surface area contributed by atoms with Crippen molar-refractivity contribution in [3.63, 3.8) is 0 Å². The minimum Gasteiger partial charge on any atom is -1.00 e. The molecule has 8 nitrogen and oxygen atoms in total. The first-order chi connectivity index (χ1) is 18.2. The molecule has 0 bridgehead atoms. The molecule has 15 heteroatoms. The fourth-order valence-corrected chi connectivity index (χ4v) is 3.61. The molecule has 2 aliphatic carbocycles. The monoisotopic (exact) mass is 748 g/mol. The SMILES string of the molecule is CC1=CC(=[N+]=[N-])C(Cl)=CC1=NC(=O)c1ccccc1.CC1=CC(=[N+]=[N-])C(Cl)=CC1=NC(=O)c1ccccc1.Cl.Cl.[Cl-].[Cl-].[Zn+2]. The van der Waals surface area contributed by atoms with E-state index in [0.29, 0.717) is 33.7 Å². The average Bonchev–Trinajstić information content (AvgIpc) is 2.93. The molecule has 4 rings (SSSR count). The summed E-state index contributed by atoms with van der Waals surface area (Å²) >= 11 is 11.8.